The highest BCUT2D eigenvalue weighted by Gasteiger charge is 2.17. The van der Waals surface area contributed by atoms with Crippen molar-refractivity contribution < 1.29 is 18.4 Å². The predicted octanol–water partition coefficient (Wildman–Crippen LogP) is 4.80. The molecule has 1 aromatic heterocycles. The lowest BCUT2D eigenvalue weighted by Gasteiger charge is -2.09. The van der Waals surface area contributed by atoms with E-state index in [9.17, 15) is 18.4 Å². The van der Waals surface area contributed by atoms with Gasteiger partial charge in [-0.2, -0.15) is 0 Å². The van der Waals surface area contributed by atoms with Gasteiger partial charge in [-0.1, -0.05) is 54.6 Å². The van der Waals surface area contributed by atoms with Crippen LogP contribution in [0.1, 0.15) is 15.9 Å². The second kappa shape index (κ2) is 11.7. The second-order valence-corrected chi connectivity index (χ2v) is 8.95. The highest BCUT2D eigenvalue weighted by molar-refractivity contribution is 8.00. The molecule has 0 aliphatic heterocycles. The Morgan fingerprint density at radius 1 is 0.829 bits per heavy atom. The standard InChI is InChI=1S/C27H25F2N3O2S/c28-21-10-6-11-22(29)26(21)27(34)31-15-16-32-17-24(20-9-4-5-12-23(20)32)35-18-25(33)30-14-13-19-7-2-1-3-8-19/h1-12,17H,13-16,18H2,(H,30,33)(H,31,34). The van der Waals surface area contributed by atoms with Crippen molar-refractivity contribution >= 4 is 34.5 Å². The summed E-state index contributed by atoms with van der Waals surface area (Å²) in [5.74, 6) is -2.34. The molecule has 180 valence electrons. The first-order valence-corrected chi connectivity index (χ1v) is 12.2. The minimum atomic E-state index is -0.894. The maximum atomic E-state index is 13.8. The van der Waals surface area contributed by atoms with Gasteiger partial charge in [-0.15, -0.1) is 11.8 Å². The third-order valence-electron chi connectivity index (χ3n) is 5.52. The Bertz CT molecular complexity index is 1300. The van der Waals surface area contributed by atoms with Gasteiger partial charge in [0.15, 0.2) is 0 Å². The van der Waals surface area contributed by atoms with Gasteiger partial charge < -0.3 is 15.2 Å². The van der Waals surface area contributed by atoms with Crippen LogP contribution >= 0.6 is 11.8 Å². The van der Waals surface area contributed by atoms with Gasteiger partial charge in [-0.25, -0.2) is 8.78 Å². The third kappa shape index (κ3) is 6.27. The normalized spacial score (nSPS) is 10.9. The topological polar surface area (TPSA) is 63.1 Å². The molecule has 2 amide bonds. The molecule has 0 aliphatic carbocycles. The van der Waals surface area contributed by atoms with Crippen LogP contribution < -0.4 is 10.6 Å². The maximum absolute atomic E-state index is 13.8. The second-order valence-electron chi connectivity index (χ2n) is 7.93. The lowest BCUT2D eigenvalue weighted by atomic mass is 10.1. The molecule has 0 saturated carbocycles. The predicted molar refractivity (Wildman–Crippen MR) is 135 cm³/mol. The zero-order chi connectivity index (χ0) is 24.6. The van der Waals surface area contributed by atoms with Gasteiger partial charge in [0.05, 0.1) is 5.75 Å². The Kier molecular flexibility index (Phi) is 8.15. The summed E-state index contributed by atoms with van der Waals surface area (Å²) in [6, 6.07) is 21.1. The number of rotatable bonds is 10. The van der Waals surface area contributed by atoms with Crippen LogP contribution in [-0.2, 0) is 17.8 Å². The number of hydrogen-bond donors (Lipinski definition) is 2. The number of carbonyl (C=O) groups excluding carboxylic acids is 2. The number of nitrogens with zero attached hydrogens (tertiary/aromatic N) is 1. The van der Waals surface area contributed by atoms with Crippen LogP contribution in [0.4, 0.5) is 8.78 Å². The highest BCUT2D eigenvalue weighted by Crippen LogP contribution is 2.29. The van der Waals surface area contributed by atoms with Crippen LogP contribution in [-0.4, -0.2) is 35.2 Å². The summed E-state index contributed by atoms with van der Waals surface area (Å²) in [6.07, 6.45) is 2.71. The number of hydrogen-bond acceptors (Lipinski definition) is 3. The van der Waals surface area contributed by atoms with E-state index in [0.29, 0.717) is 13.1 Å². The first-order chi connectivity index (χ1) is 17.0. The van der Waals surface area contributed by atoms with Gasteiger partial charge in [-0.3, -0.25) is 9.59 Å². The number of benzene rings is 3. The lowest BCUT2D eigenvalue weighted by Crippen LogP contribution is -2.28. The first-order valence-electron chi connectivity index (χ1n) is 11.3. The number of halogens is 2. The van der Waals surface area contributed by atoms with E-state index in [-0.39, 0.29) is 18.2 Å². The van der Waals surface area contributed by atoms with E-state index in [4.69, 9.17) is 0 Å². The number of amides is 2. The summed E-state index contributed by atoms with van der Waals surface area (Å²) in [5.41, 5.74) is 1.54. The molecule has 4 aromatic rings. The fraction of sp³-hybridized carbons (Fsp3) is 0.185. The molecule has 2 N–H and O–H groups in total. The summed E-state index contributed by atoms with van der Waals surface area (Å²) in [4.78, 5) is 25.5. The molecular weight excluding hydrogens is 468 g/mol. The number of fused-ring (bicyclic) bond motifs is 1. The number of thioether (sulfide) groups is 1. The van der Waals surface area contributed by atoms with Crippen LogP contribution in [0.2, 0.25) is 0 Å². The van der Waals surface area contributed by atoms with E-state index in [1.807, 2.05) is 65.4 Å². The summed E-state index contributed by atoms with van der Waals surface area (Å²) in [6.45, 7) is 1.18. The van der Waals surface area contributed by atoms with Gasteiger partial charge in [0.1, 0.15) is 17.2 Å². The quantitative estimate of drug-likeness (QED) is 0.312. The minimum Gasteiger partial charge on any atom is -0.355 e. The van der Waals surface area contributed by atoms with E-state index >= 15 is 0 Å². The molecule has 0 atom stereocenters. The molecule has 8 heteroatoms. The SMILES string of the molecule is O=C(CSc1cn(CCNC(=O)c2c(F)cccc2F)c2ccccc12)NCCc1ccccc1. The van der Waals surface area contributed by atoms with Crippen molar-refractivity contribution in [2.75, 3.05) is 18.8 Å². The molecule has 1 heterocycles. The fourth-order valence-electron chi connectivity index (χ4n) is 3.79. The average Bonchev–Trinajstić information content (AvgIpc) is 3.21. The average molecular weight is 494 g/mol. The van der Waals surface area contributed by atoms with Gasteiger partial charge in [0.25, 0.3) is 5.91 Å². The van der Waals surface area contributed by atoms with Crippen molar-refractivity contribution in [3.05, 3.63) is 102 Å². The van der Waals surface area contributed by atoms with Crippen LogP contribution in [0.3, 0.4) is 0 Å². The van der Waals surface area contributed by atoms with E-state index in [1.54, 1.807) is 0 Å². The van der Waals surface area contributed by atoms with Crippen LogP contribution in [0, 0.1) is 11.6 Å². The first kappa shape index (κ1) is 24.5. The Morgan fingerprint density at radius 3 is 2.31 bits per heavy atom. The Hall–Kier alpha value is -3.65. The molecule has 3 aromatic carbocycles. The lowest BCUT2D eigenvalue weighted by molar-refractivity contribution is -0.118. The molecule has 0 radical (unpaired) electrons. The van der Waals surface area contributed by atoms with Crippen molar-refractivity contribution in [2.24, 2.45) is 0 Å². The third-order valence-corrected chi connectivity index (χ3v) is 6.56. The number of aromatic nitrogens is 1. The zero-order valence-electron chi connectivity index (χ0n) is 19.0. The van der Waals surface area contributed by atoms with Crippen molar-refractivity contribution in [1.82, 2.24) is 15.2 Å². The van der Waals surface area contributed by atoms with Gasteiger partial charge >= 0.3 is 0 Å². The summed E-state index contributed by atoms with van der Waals surface area (Å²) in [7, 11) is 0. The van der Waals surface area contributed by atoms with E-state index in [2.05, 4.69) is 10.6 Å². The Balaban J connectivity index is 1.33. The van der Waals surface area contributed by atoms with Crippen LogP contribution in [0.15, 0.2) is 83.9 Å². The fourth-order valence-corrected chi connectivity index (χ4v) is 4.71. The van der Waals surface area contributed by atoms with Crippen molar-refractivity contribution in [3.8, 4) is 0 Å². The van der Waals surface area contributed by atoms with Gasteiger partial charge in [-0.05, 0) is 30.2 Å². The monoisotopic (exact) mass is 493 g/mol. The van der Waals surface area contributed by atoms with Crippen molar-refractivity contribution in [1.29, 1.82) is 0 Å². The van der Waals surface area contributed by atoms with E-state index in [1.165, 1.54) is 23.4 Å². The summed E-state index contributed by atoms with van der Waals surface area (Å²) < 4.78 is 29.6. The molecule has 0 bridgehead atoms. The molecule has 0 unspecified atom stereocenters. The molecule has 0 aliphatic rings. The maximum Gasteiger partial charge on any atom is 0.257 e. The van der Waals surface area contributed by atoms with Gasteiger partial charge in [0, 0.05) is 41.6 Å². The minimum absolute atomic E-state index is 0.0399. The van der Waals surface area contributed by atoms with E-state index in [0.717, 1.165) is 34.4 Å². The molecule has 0 spiro atoms. The summed E-state index contributed by atoms with van der Waals surface area (Å²) >= 11 is 1.45. The van der Waals surface area contributed by atoms with Crippen LogP contribution in [0.25, 0.3) is 10.9 Å². The van der Waals surface area contributed by atoms with Crippen molar-refractivity contribution in [3.63, 3.8) is 0 Å². The zero-order valence-corrected chi connectivity index (χ0v) is 19.8. The Morgan fingerprint density at radius 2 is 1.54 bits per heavy atom. The molecule has 0 saturated heterocycles. The molecular formula is C27H25F2N3O2S. The highest BCUT2D eigenvalue weighted by atomic mass is 32.2. The molecule has 0 fully saturated rings. The number of carbonyl (C=O) groups is 2. The van der Waals surface area contributed by atoms with Crippen LogP contribution in [0.5, 0.6) is 0 Å². The van der Waals surface area contributed by atoms with E-state index < -0.39 is 23.1 Å². The number of para-hydroxylation sites is 1. The molecule has 4 rings (SSSR count). The molecule has 5 nitrogen and oxygen atoms in total. The Labute approximate surface area is 206 Å². The van der Waals surface area contributed by atoms with Gasteiger partial charge in [0.2, 0.25) is 5.91 Å². The largest absolute Gasteiger partial charge is 0.355 e. The van der Waals surface area contributed by atoms with Crippen molar-refractivity contribution in [2.45, 2.75) is 17.9 Å². The summed E-state index contributed by atoms with van der Waals surface area (Å²) in [5, 5.41) is 6.53. The smallest absolute Gasteiger partial charge is 0.257 e. The molecule has 35 heavy (non-hydrogen) atoms. The number of nitrogens with one attached hydrogen (secondary N) is 2.